The first-order valence-electron chi connectivity index (χ1n) is 7.83. The molecule has 1 unspecified atom stereocenters. The Balaban J connectivity index is 2.35. The molecule has 0 aromatic heterocycles. The van der Waals surface area contributed by atoms with Crippen LogP contribution in [0.3, 0.4) is 0 Å². The van der Waals surface area contributed by atoms with Crippen LogP contribution in [-0.4, -0.2) is 30.4 Å². The molecule has 1 aromatic rings. The molecule has 0 radical (unpaired) electrons. The molecule has 0 bridgehead atoms. The van der Waals surface area contributed by atoms with Crippen molar-refractivity contribution < 1.29 is 19.0 Å². The lowest BCUT2D eigenvalue weighted by atomic mass is 9.85. The third-order valence-corrected chi connectivity index (χ3v) is 3.80. The highest BCUT2D eigenvalue weighted by molar-refractivity contribution is 5.68. The normalized spacial score (nSPS) is 21.9. The molecule has 130 valence electrons. The lowest BCUT2D eigenvalue weighted by Crippen LogP contribution is -2.58. The van der Waals surface area contributed by atoms with Gasteiger partial charge in [0, 0.05) is 12.7 Å². The summed E-state index contributed by atoms with van der Waals surface area (Å²) in [6.07, 6.45) is -0.990. The number of carbonyl (C=O) groups excluding carboxylic acids is 1. The Labute approximate surface area is 142 Å². The Morgan fingerprint density at radius 2 is 2.04 bits per heavy atom. The zero-order chi connectivity index (χ0) is 18.1. The summed E-state index contributed by atoms with van der Waals surface area (Å²) in [5.41, 5.74) is -0.0659. The van der Waals surface area contributed by atoms with Crippen molar-refractivity contribution in [3.8, 4) is 11.8 Å². The molecule has 2 atom stereocenters. The van der Waals surface area contributed by atoms with Crippen LogP contribution in [-0.2, 0) is 9.47 Å². The topological polar surface area (TPSA) is 80.6 Å². The van der Waals surface area contributed by atoms with E-state index in [1.165, 1.54) is 0 Å². The number of nitrogens with zero attached hydrogens (tertiary/aromatic N) is 1. The van der Waals surface area contributed by atoms with Crippen molar-refractivity contribution in [2.45, 2.75) is 58.0 Å². The van der Waals surface area contributed by atoms with E-state index < -0.39 is 29.4 Å². The molecule has 1 aromatic carbocycles. The van der Waals surface area contributed by atoms with Crippen molar-refractivity contribution in [1.82, 2.24) is 5.32 Å². The Morgan fingerprint density at radius 3 is 2.58 bits per heavy atom. The Bertz CT molecular complexity index is 671. The number of methoxy groups -OCH3 is 1. The molecule has 0 spiro atoms. The molecule has 0 aliphatic carbocycles. The summed E-state index contributed by atoms with van der Waals surface area (Å²) in [5, 5.41) is 12.0. The summed E-state index contributed by atoms with van der Waals surface area (Å²) in [6.45, 7) is 9.16. The lowest BCUT2D eigenvalue weighted by molar-refractivity contribution is -0.0496. The summed E-state index contributed by atoms with van der Waals surface area (Å²) in [4.78, 5) is 12.2. The minimum atomic E-state index is -0.710. The van der Waals surface area contributed by atoms with Gasteiger partial charge in [-0.2, -0.15) is 5.26 Å². The highest BCUT2D eigenvalue weighted by Crippen LogP contribution is 2.41. The zero-order valence-electron chi connectivity index (χ0n) is 15.0. The molecule has 24 heavy (non-hydrogen) atoms. The second-order valence-electron chi connectivity index (χ2n) is 7.35. The molecule has 1 N–H and O–H groups in total. The number of carbonyl (C=O) groups is 1. The molecule has 6 nitrogen and oxygen atoms in total. The molecule has 2 rings (SSSR count). The van der Waals surface area contributed by atoms with Crippen molar-refractivity contribution in [1.29, 1.82) is 5.26 Å². The zero-order valence-corrected chi connectivity index (χ0v) is 15.0. The maximum Gasteiger partial charge on any atom is 0.408 e. The van der Waals surface area contributed by atoms with Gasteiger partial charge in [-0.25, -0.2) is 4.79 Å². The van der Waals surface area contributed by atoms with Gasteiger partial charge in [0.15, 0.2) is 0 Å². The van der Waals surface area contributed by atoms with Crippen LogP contribution in [0.5, 0.6) is 5.75 Å². The predicted molar refractivity (Wildman–Crippen MR) is 88.8 cm³/mol. The highest BCUT2D eigenvalue weighted by Gasteiger charge is 2.45. The number of nitriles is 1. The van der Waals surface area contributed by atoms with E-state index in [9.17, 15) is 4.79 Å². The van der Waals surface area contributed by atoms with E-state index in [4.69, 9.17) is 19.5 Å². The molecule has 1 heterocycles. The molecular weight excluding hydrogens is 308 g/mol. The van der Waals surface area contributed by atoms with E-state index in [0.717, 1.165) is 5.56 Å². The SMILES string of the molecule is COC1c2cc(C#N)ccc2OC(C)(C)[C@@H]1NC(=O)OC(C)(C)C. The Morgan fingerprint density at radius 1 is 1.38 bits per heavy atom. The number of fused-ring (bicyclic) bond motifs is 1. The molecule has 0 saturated carbocycles. The molecule has 0 fully saturated rings. The van der Waals surface area contributed by atoms with E-state index in [0.29, 0.717) is 11.3 Å². The predicted octanol–water partition coefficient (Wildman–Crippen LogP) is 3.31. The first-order chi connectivity index (χ1) is 11.1. The van der Waals surface area contributed by atoms with E-state index in [1.807, 2.05) is 13.8 Å². The van der Waals surface area contributed by atoms with Gasteiger partial charge in [0.1, 0.15) is 29.1 Å². The molecule has 6 heteroatoms. The molecular formula is C18H24N2O4. The number of rotatable bonds is 2. The smallest absolute Gasteiger partial charge is 0.408 e. The quantitative estimate of drug-likeness (QED) is 0.898. The fourth-order valence-corrected chi connectivity index (χ4v) is 2.77. The Hall–Kier alpha value is -2.26. The molecule has 1 aliphatic heterocycles. The van der Waals surface area contributed by atoms with Gasteiger partial charge in [0.05, 0.1) is 11.6 Å². The second kappa shape index (κ2) is 6.33. The first-order valence-corrected chi connectivity index (χ1v) is 7.83. The maximum atomic E-state index is 12.2. The maximum absolute atomic E-state index is 12.2. The van der Waals surface area contributed by atoms with Crippen LogP contribution in [0, 0.1) is 11.3 Å². The van der Waals surface area contributed by atoms with Crippen LogP contribution in [0.4, 0.5) is 4.79 Å². The fourth-order valence-electron chi connectivity index (χ4n) is 2.77. The standard InChI is InChI=1S/C18H24N2O4/c1-17(2,3)24-16(21)20-15-14(22-6)12-9-11(10-19)7-8-13(12)23-18(15,4)5/h7-9,14-15H,1-6H3,(H,20,21)/t14?,15-/m1/s1. The van der Waals surface area contributed by atoms with Gasteiger partial charge in [-0.3, -0.25) is 0 Å². The largest absolute Gasteiger partial charge is 0.485 e. The van der Waals surface area contributed by atoms with E-state index in [2.05, 4.69) is 11.4 Å². The number of amides is 1. The van der Waals surface area contributed by atoms with Crippen LogP contribution in [0.15, 0.2) is 18.2 Å². The number of nitrogens with one attached hydrogen (secondary N) is 1. The number of ether oxygens (including phenoxy) is 3. The summed E-state index contributed by atoms with van der Waals surface area (Å²) >= 11 is 0. The van der Waals surface area contributed by atoms with Gasteiger partial charge >= 0.3 is 6.09 Å². The molecule has 1 amide bonds. The van der Waals surface area contributed by atoms with E-state index in [1.54, 1.807) is 46.1 Å². The summed E-state index contributed by atoms with van der Waals surface area (Å²) in [5.74, 6) is 0.646. The summed E-state index contributed by atoms with van der Waals surface area (Å²) in [6, 6.07) is 6.81. The van der Waals surface area contributed by atoms with E-state index >= 15 is 0 Å². The van der Waals surface area contributed by atoms with Crippen LogP contribution >= 0.6 is 0 Å². The minimum Gasteiger partial charge on any atom is -0.485 e. The fraction of sp³-hybridized carbons (Fsp3) is 0.556. The number of hydrogen-bond donors (Lipinski definition) is 1. The van der Waals surface area contributed by atoms with Gasteiger partial charge < -0.3 is 19.5 Å². The van der Waals surface area contributed by atoms with Crippen LogP contribution < -0.4 is 10.1 Å². The minimum absolute atomic E-state index is 0.454. The monoisotopic (exact) mass is 332 g/mol. The van der Waals surface area contributed by atoms with Gasteiger partial charge in [0.2, 0.25) is 0 Å². The first kappa shape index (κ1) is 18.1. The molecule has 0 saturated heterocycles. The van der Waals surface area contributed by atoms with Crippen molar-refractivity contribution in [3.05, 3.63) is 29.3 Å². The van der Waals surface area contributed by atoms with E-state index in [-0.39, 0.29) is 0 Å². The van der Waals surface area contributed by atoms with Gasteiger partial charge in [0.25, 0.3) is 0 Å². The summed E-state index contributed by atoms with van der Waals surface area (Å²) < 4.78 is 17.0. The summed E-state index contributed by atoms with van der Waals surface area (Å²) in [7, 11) is 1.57. The Kier molecular flexibility index (Phi) is 4.77. The van der Waals surface area contributed by atoms with Crippen molar-refractivity contribution >= 4 is 6.09 Å². The lowest BCUT2D eigenvalue weighted by Gasteiger charge is -2.44. The average Bonchev–Trinajstić information content (AvgIpc) is 2.45. The van der Waals surface area contributed by atoms with Crippen molar-refractivity contribution in [2.75, 3.05) is 7.11 Å². The van der Waals surface area contributed by atoms with Crippen molar-refractivity contribution in [3.63, 3.8) is 0 Å². The third-order valence-electron chi connectivity index (χ3n) is 3.80. The van der Waals surface area contributed by atoms with Gasteiger partial charge in [-0.1, -0.05) is 0 Å². The number of hydrogen-bond acceptors (Lipinski definition) is 5. The van der Waals surface area contributed by atoms with Crippen LogP contribution in [0.1, 0.15) is 51.8 Å². The van der Waals surface area contributed by atoms with Crippen LogP contribution in [0.25, 0.3) is 0 Å². The van der Waals surface area contributed by atoms with Gasteiger partial charge in [-0.05, 0) is 52.8 Å². The number of benzene rings is 1. The molecule has 1 aliphatic rings. The van der Waals surface area contributed by atoms with Crippen LogP contribution in [0.2, 0.25) is 0 Å². The van der Waals surface area contributed by atoms with Gasteiger partial charge in [-0.15, -0.1) is 0 Å². The third kappa shape index (κ3) is 3.80. The second-order valence-corrected chi connectivity index (χ2v) is 7.35. The highest BCUT2D eigenvalue weighted by atomic mass is 16.6. The van der Waals surface area contributed by atoms with Crippen molar-refractivity contribution in [2.24, 2.45) is 0 Å². The average molecular weight is 332 g/mol. The number of alkyl carbamates (subject to hydrolysis) is 1.